The SMILES string of the molecule is COc1ccc(NS(=O)(=O)c2ccc(-n3nc4cc(C)c(N)cc4n3)cc2)cc1. The maximum absolute atomic E-state index is 12.6. The molecule has 0 spiro atoms. The van der Waals surface area contributed by atoms with Crippen LogP contribution in [-0.2, 0) is 10.0 Å². The first-order valence-corrected chi connectivity index (χ1v) is 10.2. The van der Waals surface area contributed by atoms with E-state index in [1.165, 1.54) is 16.9 Å². The zero-order valence-corrected chi connectivity index (χ0v) is 16.6. The van der Waals surface area contributed by atoms with Gasteiger partial charge in [-0.2, -0.15) is 4.80 Å². The molecule has 1 aromatic heterocycles. The van der Waals surface area contributed by atoms with Crippen molar-refractivity contribution in [3.05, 3.63) is 66.2 Å². The Labute approximate surface area is 168 Å². The van der Waals surface area contributed by atoms with E-state index in [2.05, 4.69) is 14.9 Å². The highest BCUT2D eigenvalue weighted by Crippen LogP contribution is 2.22. The summed E-state index contributed by atoms with van der Waals surface area (Å²) >= 11 is 0. The summed E-state index contributed by atoms with van der Waals surface area (Å²) in [5.74, 6) is 0.647. The molecule has 8 nitrogen and oxygen atoms in total. The Bertz CT molecular complexity index is 1240. The normalized spacial score (nSPS) is 11.5. The van der Waals surface area contributed by atoms with E-state index in [9.17, 15) is 8.42 Å². The van der Waals surface area contributed by atoms with Crippen LogP contribution in [0.25, 0.3) is 16.7 Å². The zero-order valence-electron chi connectivity index (χ0n) is 15.8. The smallest absolute Gasteiger partial charge is 0.261 e. The van der Waals surface area contributed by atoms with Gasteiger partial charge in [0.15, 0.2) is 0 Å². The number of nitrogens with two attached hydrogens (primary N) is 1. The van der Waals surface area contributed by atoms with E-state index >= 15 is 0 Å². The molecule has 0 bridgehead atoms. The number of aromatic nitrogens is 3. The number of methoxy groups -OCH3 is 1. The van der Waals surface area contributed by atoms with Gasteiger partial charge in [-0.25, -0.2) is 8.42 Å². The number of fused-ring (bicyclic) bond motifs is 1. The molecule has 29 heavy (non-hydrogen) atoms. The third-order valence-corrected chi connectivity index (χ3v) is 5.89. The highest BCUT2D eigenvalue weighted by molar-refractivity contribution is 7.92. The standard InChI is InChI=1S/C20H19N5O3S/c1-13-11-19-20(12-18(13)21)23-25(22-19)15-5-9-17(10-6-15)29(26,27)24-14-3-7-16(28-2)8-4-14/h3-12,24H,21H2,1-2H3. The molecule has 0 fully saturated rings. The molecule has 0 radical (unpaired) electrons. The number of benzene rings is 3. The molecule has 0 amide bonds. The maximum atomic E-state index is 12.6. The van der Waals surface area contributed by atoms with Crippen molar-refractivity contribution >= 4 is 32.4 Å². The fourth-order valence-corrected chi connectivity index (χ4v) is 3.89. The van der Waals surface area contributed by atoms with Gasteiger partial charge >= 0.3 is 0 Å². The van der Waals surface area contributed by atoms with Crippen molar-refractivity contribution in [2.75, 3.05) is 17.6 Å². The molecule has 0 aliphatic carbocycles. The number of anilines is 2. The van der Waals surface area contributed by atoms with Gasteiger partial charge in [0, 0.05) is 11.4 Å². The van der Waals surface area contributed by atoms with Crippen LogP contribution in [-0.4, -0.2) is 30.5 Å². The van der Waals surface area contributed by atoms with Crippen molar-refractivity contribution in [3.63, 3.8) is 0 Å². The summed E-state index contributed by atoms with van der Waals surface area (Å²) in [6.45, 7) is 1.91. The molecule has 4 aromatic rings. The molecule has 148 valence electrons. The van der Waals surface area contributed by atoms with Gasteiger partial charge in [-0.3, -0.25) is 4.72 Å². The molecule has 3 N–H and O–H groups in total. The average Bonchev–Trinajstić information content (AvgIpc) is 3.11. The van der Waals surface area contributed by atoms with Gasteiger partial charge in [0.05, 0.1) is 17.7 Å². The minimum atomic E-state index is -3.73. The molecule has 3 aromatic carbocycles. The molecule has 1 heterocycles. The van der Waals surface area contributed by atoms with E-state index in [1.807, 2.05) is 13.0 Å². The van der Waals surface area contributed by atoms with E-state index in [4.69, 9.17) is 10.5 Å². The molecule has 0 aliphatic rings. The predicted octanol–water partition coefficient (Wildman–Crippen LogP) is 3.12. The van der Waals surface area contributed by atoms with Crippen molar-refractivity contribution in [2.45, 2.75) is 11.8 Å². The Balaban J connectivity index is 1.59. The van der Waals surface area contributed by atoms with E-state index in [1.54, 1.807) is 49.6 Å². The van der Waals surface area contributed by atoms with Gasteiger partial charge in [-0.1, -0.05) is 0 Å². The van der Waals surface area contributed by atoms with Crippen LogP contribution in [0.4, 0.5) is 11.4 Å². The maximum Gasteiger partial charge on any atom is 0.261 e. The minimum absolute atomic E-state index is 0.133. The summed E-state index contributed by atoms with van der Waals surface area (Å²) in [6, 6.07) is 16.6. The van der Waals surface area contributed by atoms with E-state index in [0.29, 0.717) is 28.3 Å². The van der Waals surface area contributed by atoms with Crippen LogP contribution in [0, 0.1) is 6.92 Å². The molecule has 0 saturated carbocycles. The van der Waals surface area contributed by atoms with E-state index < -0.39 is 10.0 Å². The Morgan fingerprint density at radius 2 is 1.59 bits per heavy atom. The van der Waals surface area contributed by atoms with Crippen molar-refractivity contribution in [1.29, 1.82) is 0 Å². The number of nitrogens with zero attached hydrogens (tertiary/aromatic N) is 3. The Morgan fingerprint density at radius 3 is 2.21 bits per heavy atom. The van der Waals surface area contributed by atoms with Gasteiger partial charge in [0.25, 0.3) is 10.0 Å². The first kappa shape index (κ1) is 18.8. The molecule has 4 rings (SSSR count). The van der Waals surface area contributed by atoms with Crippen LogP contribution in [0.5, 0.6) is 5.75 Å². The van der Waals surface area contributed by atoms with Gasteiger partial charge in [-0.05, 0) is 73.2 Å². The molecule has 0 atom stereocenters. The van der Waals surface area contributed by atoms with Crippen LogP contribution in [0.2, 0.25) is 0 Å². The summed E-state index contributed by atoms with van der Waals surface area (Å²) in [5, 5.41) is 8.84. The minimum Gasteiger partial charge on any atom is -0.497 e. The molecule has 0 aliphatic heterocycles. The van der Waals surface area contributed by atoms with Gasteiger partial charge in [0.1, 0.15) is 16.8 Å². The van der Waals surface area contributed by atoms with Gasteiger partial charge in [-0.15, -0.1) is 10.2 Å². The lowest BCUT2D eigenvalue weighted by Crippen LogP contribution is -2.13. The van der Waals surface area contributed by atoms with Crippen LogP contribution in [0.15, 0.2) is 65.6 Å². The Hall–Kier alpha value is -3.59. The van der Waals surface area contributed by atoms with Crippen molar-refractivity contribution in [1.82, 2.24) is 15.0 Å². The summed E-state index contributed by atoms with van der Waals surface area (Å²) < 4.78 is 32.9. The van der Waals surface area contributed by atoms with Crippen molar-refractivity contribution in [3.8, 4) is 11.4 Å². The fraction of sp³-hybridized carbons (Fsp3) is 0.100. The summed E-state index contributed by atoms with van der Waals surface area (Å²) in [6.07, 6.45) is 0. The number of ether oxygens (including phenoxy) is 1. The highest BCUT2D eigenvalue weighted by atomic mass is 32.2. The lowest BCUT2D eigenvalue weighted by Gasteiger charge is -2.09. The number of sulfonamides is 1. The quantitative estimate of drug-likeness (QED) is 0.490. The Morgan fingerprint density at radius 1 is 0.966 bits per heavy atom. The number of rotatable bonds is 5. The largest absolute Gasteiger partial charge is 0.497 e. The average molecular weight is 409 g/mol. The third kappa shape index (κ3) is 3.72. The van der Waals surface area contributed by atoms with Crippen LogP contribution in [0.3, 0.4) is 0 Å². The molecular weight excluding hydrogens is 390 g/mol. The van der Waals surface area contributed by atoms with Crippen LogP contribution < -0.4 is 15.2 Å². The second kappa shape index (κ2) is 7.10. The first-order valence-electron chi connectivity index (χ1n) is 8.76. The van der Waals surface area contributed by atoms with E-state index in [0.717, 1.165) is 11.1 Å². The predicted molar refractivity (Wildman–Crippen MR) is 112 cm³/mol. The van der Waals surface area contributed by atoms with Crippen molar-refractivity contribution < 1.29 is 13.2 Å². The van der Waals surface area contributed by atoms with Crippen LogP contribution in [0.1, 0.15) is 5.56 Å². The molecule has 0 saturated heterocycles. The number of hydrogen-bond acceptors (Lipinski definition) is 6. The summed E-state index contributed by atoms with van der Waals surface area (Å²) in [5.41, 5.74) is 9.97. The van der Waals surface area contributed by atoms with Crippen molar-refractivity contribution in [2.24, 2.45) is 0 Å². The summed E-state index contributed by atoms with van der Waals surface area (Å²) in [4.78, 5) is 1.59. The van der Waals surface area contributed by atoms with Gasteiger partial charge < -0.3 is 10.5 Å². The van der Waals surface area contributed by atoms with E-state index in [-0.39, 0.29) is 4.90 Å². The second-order valence-corrected chi connectivity index (χ2v) is 8.20. The lowest BCUT2D eigenvalue weighted by molar-refractivity contribution is 0.415. The molecule has 0 unspecified atom stereocenters. The third-order valence-electron chi connectivity index (χ3n) is 4.49. The number of nitrogens with one attached hydrogen (secondary N) is 1. The summed E-state index contributed by atoms with van der Waals surface area (Å²) in [7, 11) is -2.18. The zero-order chi connectivity index (χ0) is 20.6. The lowest BCUT2D eigenvalue weighted by atomic mass is 10.2. The first-order chi connectivity index (χ1) is 13.9. The van der Waals surface area contributed by atoms with Crippen LogP contribution >= 0.6 is 0 Å². The monoisotopic (exact) mass is 409 g/mol. The fourth-order valence-electron chi connectivity index (χ4n) is 2.83. The topological polar surface area (TPSA) is 112 Å². The molecule has 9 heteroatoms. The number of nitrogen functional groups attached to an aromatic ring is 1. The Kier molecular flexibility index (Phi) is 4.59. The number of hydrogen-bond donors (Lipinski definition) is 2. The number of aryl methyl sites for hydroxylation is 1. The molecular formula is C20H19N5O3S. The second-order valence-electron chi connectivity index (χ2n) is 6.51. The van der Waals surface area contributed by atoms with Gasteiger partial charge in [0.2, 0.25) is 0 Å². The highest BCUT2D eigenvalue weighted by Gasteiger charge is 2.15.